The van der Waals surface area contributed by atoms with Crippen LogP contribution in [-0.4, -0.2) is 52.3 Å². The molecule has 1 aromatic carbocycles. The molecule has 4 rings (SSSR count). The summed E-state index contributed by atoms with van der Waals surface area (Å²) < 4.78 is 30.9. The summed E-state index contributed by atoms with van der Waals surface area (Å²) in [6.07, 6.45) is 6.50. The molecule has 220 valence electrons. The third-order valence-electron chi connectivity index (χ3n) is 8.41. The zero-order chi connectivity index (χ0) is 28.5. The van der Waals surface area contributed by atoms with Crippen LogP contribution in [0.15, 0.2) is 40.6 Å². The lowest BCUT2D eigenvalue weighted by Crippen LogP contribution is -2.50. The van der Waals surface area contributed by atoms with Crippen LogP contribution in [0.1, 0.15) is 65.2 Å². The number of para-hydroxylation sites is 1. The summed E-state index contributed by atoms with van der Waals surface area (Å²) >= 11 is 1.48. The van der Waals surface area contributed by atoms with Gasteiger partial charge in [0.1, 0.15) is 4.90 Å². The normalized spacial score (nSPS) is 21.1. The molecule has 2 saturated heterocycles. The van der Waals surface area contributed by atoms with Crippen LogP contribution in [0.25, 0.3) is 10.4 Å². The van der Waals surface area contributed by atoms with Crippen molar-refractivity contribution >= 4 is 38.7 Å². The predicted octanol–water partition coefficient (Wildman–Crippen LogP) is 4.79. The molecule has 3 atom stereocenters. The number of hydrogen-bond acceptors (Lipinski definition) is 7. The van der Waals surface area contributed by atoms with Gasteiger partial charge in [-0.1, -0.05) is 51.3 Å². The van der Waals surface area contributed by atoms with Gasteiger partial charge in [-0.05, 0) is 74.7 Å². The lowest BCUT2D eigenvalue weighted by atomic mass is 9.79. The number of piperidine rings is 2. The van der Waals surface area contributed by atoms with Gasteiger partial charge in [0.05, 0.1) is 11.7 Å². The van der Waals surface area contributed by atoms with E-state index in [1.165, 1.54) is 17.4 Å². The first-order valence-electron chi connectivity index (χ1n) is 14.8. The summed E-state index contributed by atoms with van der Waals surface area (Å²) in [5, 5.41) is 11.5. The Morgan fingerprint density at radius 3 is 2.52 bits per heavy atom. The van der Waals surface area contributed by atoms with Crippen molar-refractivity contribution < 1.29 is 18.0 Å². The first kappa shape index (κ1) is 30.8. The van der Waals surface area contributed by atoms with E-state index in [0.29, 0.717) is 24.4 Å². The number of nitrogens with one attached hydrogen (secondary N) is 4. The van der Waals surface area contributed by atoms with E-state index in [9.17, 15) is 18.0 Å². The smallest absolute Gasteiger partial charge is 0.243 e. The van der Waals surface area contributed by atoms with Crippen LogP contribution in [0.5, 0.6) is 0 Å². The fraction of sp³-hybridized carbons (Fsp3) is 0.600. The fourth-order valence-electron chi connectivity index (χ4n) is 6.03. The Morgan fingerprint density at radius 2 is 1.82 bits per heavy atom. The number of thiophene rings is 1. The van der Waals surface area contributed by atoms with Gasteiger partial charge in [-0.15, -0.1) is 11.3 Å². The van der Waals surface area contributed by atoms with E-state index in [0.717, 1.165) is 63.0 Å². The Hall–Kier alpha value is -2.11. The number of sulfonamides is 1. The molecule has 2 aliphatic rings. The summed E-state index contributed by atoms with van der Waals surface area (Å²) in [6, 6.07) is 8.00. The van der Waals surface area contributed by atoms with Gasteiger partial charge in [0.15, 0.2) is 5.78 Å². The predicted molar refractivity (Wildman–Crippen MR) is 162 cm³/mol. The van der Waals surface area contributed by atoms with Crippen LogP contribution in [0.2, 0.25) is 0 Å². The lowest BCUT2D eigenvalue weighted by molar-refractivity contribution is -0.127. The number of Topliss-reactive ketones (excluding diaryl/α,β-unsaturated/α-hetero) is 1. The summed E-state index contributed by atoms with van der Waals surface area (Å²) in [7, 11) is -4.13. The number of anilines is 1. The number of hydrogen-bond donors (Lipinski definition) is 4. The van der Waals surface area contributed by atoms with Gasteiger partial charge in [-0.3, -0.25) is 9.59 Å². The molecule has 1 aromatic heterocycles. The molecule has 2 aliphatic heterocycles. The van der Waals surface area contributed by atoms with Gasteiger partial charge >= 0.3 is 0 Å². The van der Waals surface area contributed by atoms with E-state index >= 15 is 0 Å². The fourth-order valence-corrected chi connectivity index (χ4v) is 8.21. The summed E-state index contributed by atoms with van der Waals surface area (Å²) in [5.74, 6) is 0.330. The minimum atomic E-state index is -4.13. The Bertz CT molecular complexity index is 1230. The molecule has 10 heteroatoms. The number of amides is 1. The van der Waals surface area contributed by atoms with Crippen molar-refractivity contribution in [2.75, 3.05) is 31.5 Å². The molecule has 40 heavy (non-hydrogen) atoms. The highest BCUT2D eigenvalue weighted by molar-refractivity contribution is 7.89. The van der Waals surface area contributed by atoms with Crippen molar-refractivity contribution in [3.8, 4) is 10.4 Å². The number of carbonyl (C=O) groups excluding carboxylic acids is 2. The topological polar surface area (TPSA) is 116 Å². The standard InChI is InChI=1S/C30H44N4O4S2/c1-3-22-15-18-32-20-24(22)30(36)25(10-5-8-21-13-16-31-17-14-21)34-40(37,38)27-12-6-9-23(26-11-7-19-39-26)29(27)33-28(35)4-2/h6-7,9,11-12,19,21-22,24-25,31-32,34H,3-5,8,10,13-18,20H2,1-2H3,(H,33,35)/t22?,24?,25-/m0/s1. The maximum absolute atomic E-state index is 14.0. The Balaban J connectivity index is 1.63. The highest BCUT2D eigenvalue weighted by Gasteiger charge is 2.36. The number of ketones is 1. The SMILES string of the molecule is CCC(=O)Nc1c(-c2cccs2)cccc1S(=O)(=O)N[C@@H](CCCC1CCNCC1)C(=O)C1CNCCC1CC. The molecule has 3 heterocycles. The van der Waals surface area contributed by atoms with Gasteiger partial charge in [-0.25, -0.2) is 13.1 Å². The van der Waals surface area contributed by atoms with Gasteiger partial charge in [-0.2, -0.15) is 0 Å². The summed E-state index contributed by atoms with van der Waals surface area (Å²) in [5.41, 5.74) is 0.909. The molecule has 0 radical (unpaired) electrons. The van der Waals surface area contributed by atoms with Crippen molar-refractivity contribution in [1.29, 1.82) is 0 Å². The molecular weight excluding hydrogens is 544 g/mol. The Morgan fingerprint density at radius 1 is 1.05 bits per heavy atom. The van der Waals surface area contributed by atoms with Crippen molar-refractivity contribution in [2.45, 2.75) is 76.2 Å². The summed E-state index contributed by atoms with van der Waals surface area (Å²) in [6.45, 7) is 7.32. The molecule has 0 bridgehead atoms. The molecule has 4 N–H and O–H groups in total. The van der Waals surface area contributed by atoms with Crippen LogP contribution in [0.3, 0.4) is 0 Å². The van der Waals surface area contributed by atoms with Crippen LogP contribution in [-0.2, 0) is 19.6 Å². The lowest BCUT2D eigenvalue weighted by Gasteiger charge is -2.33. The zero-order valence-corrected chi connectivity index (χ0v) is 25.3. The van der Waals surface area contributed by atoms with E-state index in [1.54, 1.807) is 13.0 Å². The van der Waals surface area contributed by atoms with Crippen molar-refractivity contribution in [3.63, 3.8) is 0 Å². The number of carbonyl (C=O) groups is 2. The van der Waals surface area contributed by atoms with Crippen LogP contribution in [0, 0.1) is 17.8 Å². The second-order valence-corrected chi connectivity index (χ2v) is 13.7. The van der Waals surface area contributed by atoms with Gasteiger partial charge in [0.25, 0.3) is 0 Å². The van der Waals surface area contributed by atoms with Gasteiger partial charge in [0.2, 0.25) is 15.9 Å². The number of rotatable bonds is 13. The molecule has 1 amide bonds. The average Bonchev–Trinajstić information content (AvgIpc) is 3.51. The van der Waals surface area contributed by atoms with E-state index in [1.807, 2.05) is 23.6 Å². The van der Waals surface area contributed by atoms with Crippen molar-refractivity contribution in [3.05, 3.63) is 35.7 Å². The largest absolute Gasteiger partial charge is 0.324 e. The quantitative estimate of drug-likeness (QED) is 0.268. The number of benzene rings is 1. The van der Waals surface area contributed by atoms with E-state index in [4.69, 9.17) is 0 Å². The monoisotopic (exact) mass is 588 g/mol. The zero-order valence-electron chi connectivity index (χ0n) is 23.7. The van der Waals surface area contributed by atoms with E-state index in [2.05, 4.69) is 27.6 Å². The summed E-state index contributed by atoms with van der Waals surface area (Å²) in [4.78, 5) is 27.3. The van der Waals surface area contributed by atoms with Crippen LogP contribution < -0.4 is 20.7 Å². The van der Waals surface area contributed by atoms with Crippen molar-refractivity contribution in [1.82, 2.24) is 15.4 Å². The third kappa shape index (κ3) is 7.79. The van der Waals surface area contributed by atoms with E-state index in [-0.39, 0.29) is 40.5 Å². The maximum Gasteiger partial charge on any atom is 0.243 e. The van der Waals surface area contributed by atoms with Crippen molar-refractivity contribution in [2.24, 2.45) is 17.8 Å². The second-order valence-electron chi connectivity index (χ2n) is 11.0. The Kier molecular flexibility index (Phi) is 11.3. The molecule has 0 spiro atoms. The molecular formula is C30H44N4O4S2. The minimum absolute atomic E-state index is 0.00911. The second kappa shape index (κ2) is 14.7. The minimum Gasteiger partial charge on any atom is -0.324 e. The average molecular weight is 589 g/mol. The van der Waals surface area contributed by atoms with Gasteiger partial charge in [0, 0.05) is 29.3 Å². The molecule has 2 fully saturated rings. The first-order chi connectivity index (χ1) is 19.3. The van der Waals surface area contributed by atoms with Crippen LogP contribution >= 0.6 is 11.3 Å². The molecule has 2 aromatic rings. The maximum atomic E-state index is 14.0. The Labute approximate surface area is 243 Å². The highest BCUT2D eigenvalue weighted by atomic mass is 32.2. The highest BCUT2D eigenvalue weighted by Crippen LogP contribution is 2.37. The molecule has 0 saturated carbocycles. The molecule has 0 aliphatic carbocycles. The third-order valence-corrected chi connectivity index (χ3v) is 10.8. The van der Waals surface area contributed by atoms with Crippen LogP contribution in [0.4, 0.5) is 5.69 Å². The molecule has 2 unspecified atom stereocenters. The molecule has 8 nitrogen and oxygen atoms in total. The first-order valence-corrected chi connectivity index (χ1v) is 17.1. The van der Waals surface area contributed by atoms with E-state index < -0.39 is 16.1 Å². The van der Waals surface area contributed by atoms with Gasteiger partial charge < -0.3 is 16.0 Å².